The Morgan fingerprint density at radius 3 is 2.50 bits per heavy atom. The van der Waals surface area contributed by atoms with Gasteiger partial charge in [0, 0.05) is 0 Å². The molecule has 0 amide bonds. The predicted molar refractivity (Wildman–Crippen MR) is 37.5 cm³/mol. The molecule has 66 valence electrons. The van der Waals surface area contributed by atoms with E-state index in [1.807, 2.05) is 0 Å². The number of aromatic hydroxyl groups is 2. The van der Waals surface area contributed by atoms with Gasteiger partial charge in [0.05, 0.1) is 6.20 Å². The number of pyridine rings is 1. The molecule has 12 heavy (non-hydrogen) atoms. The molecule has 2 N–H and O–H groups in total. The fourth-order valence-corrected chi connectivity index (χ4v) is 0.788. The number of hydrogen-bond acceptors (Lipinski definition) is 3. The highest BCUT2D eigenvalue weighted by molar-refractivity contribution is 6.33. The lowest BCUT2D eigenvalue weighted by Gasteiger charge is -2.04. The van der Waals surface area contributed by atoms with Gasteiger partial charge >= 0.3 is 0 Å². The molecule has 0 saturated heterocycles. The van der Waals surface area contributed by atoms with Crippen LogP contribution in [0.2, 0.25) is 5.02 Å². The van der Waals surface area contributed by atoms with Crippen LogP contribution in [0.5, 0.6) is 11.5 Å². The summed E-state index contributed by atoms with van der Waals surface area (Å²) in [5.41, 5.74) is -0.835. The van der Waals surface area contributed by atoms with Crippen LogP contribution in [0.3, 0.4) is 0 Å². The SMILES string of the molecule is Oc1cnc(C(F)F)c(O)c1Cl. The number of nitrogens with zero attached hydrogens (tertiary/aromatic N) is 1. The van der Waals surface area contributed by atoms with Crippen LogP contribution in [0.15, 0.2) is 6.20 Å². The van der Waals surface area contributed by atoms with Crippen molar-refractivity contribution in [1.29, 1.82) is 0 Å². The second kappa shape index (κ2) is 3.10. The first-order chi connectivity index (χ1) is 5.54. The molecular weight excluding hydrogens is 192 g/mol. The Morgan fingerprint density at radius 2 is 2.00 bits per heavy atom. The fraction of sp³-hybridized carbons (Fsp3) is 0.167. The summed E-state index contributed by atoms with van der Waals surface area (Å²) >= 11 is 5.25. The molecule has 0 bridgehead atoms. The van der Waals surface area contributed by atoms with E-state index in [-0.39, 0.29) is 0 Å². The van der Waals surface area contributed by atoms with E-state index >= 15 is 0 Å². The third-order valence-corrected chi connectivity index (χ3v) is 1.58. The predicted octanol–water partition coefficient (Wildman–Crippen LogP) is 2.08. The third-order valence-electron chi connectivity index (χ3n) is 1.21. The van der Waals surface area contributed by atoms with E-state index in [4.69, 9.17) is 21.8 Å². The molecule has 0 aliphatic carbocycles. The van der Waals surface area contributed by atoms with Crippen LogP contribution >= 0.6 is 11.6 Å². The maximum atomic E-state index is 12.0. The normalized spacial score (nSPS) is 10.7. The first kappa shape index (κ1) is 8.99. The number of halogens is 3. The maximum absolute atomic E-state index is 12.0. The summed E-state index contributed by atoms with van der Waals surface area (Å²) in [5, 5.41) is 17.2. The van der Waals surface area contributed by atoms with Crippen LogP contribution in [0.25, 0.3) is 0 Å². The molecule has 0 aliphatic heterocycles. The first-order valence-electron chi connectivity index (χ1n) is 2.88. The van der Waals surface area contributed by atoms with E-state index in [2.05, 4.69) is 4.98 Å². The van der Waals surface area contributed by atoms with Crippen LogP contribution in [-0.4, -0.2) is 15.2 Å². The van der Waals surface area contributed by atoms with Gasteiger partial charge in [-0.25, -0.2) is 13.8 Å². The van der Waals surface area contributed by atoms with Gasteiger partial charge in [0.25, 0.3) is 6.43 Å². The van der Waals surface area contributed by atoms with Crippen LogP contribution in [0, 0.1) is 0 Å². The quantitative estimate of drug-likeness (QED) is 0.721. The minimum atomic E-state index is -2.91. The monoisotopic (exact) mass is 195 g/mol. The molecule has 0 radical (unpaired) electrons. The van der Waals surface area contributed by atoms with Gasteiger partial charge < -0.3 is 10.2 Å². The highest BCUT2D eigenvalue weighted by Crippen LogP contribution is 2.37. The minimum Gasteiger partial charge on any atom is -0.505 e. The first-order valence-corrected chi connectivity index (χ1v) is 3.26. The number of aromatic nitrogens is 1. The van der Waals surface area contributed by atoms with E-state index < -0.39 is 28.6 Å². The van der Waals surface area contributed by atoms with Gasteiger partial charge in [-0.15, -0.1) is 0 Å². The zero-order valence-electron chi connectivity index (χ0n) is 5.63. The Kier molecular flexibility index (Phi) is 2.32. The molecule has 3 nitrogen and oxygen atoms in total. The van der Waals surface area contributed by atoms with Gasteiger partial charge in [-0.1, -0.05) is 11.6 Å². The van der Waals surface area contributed by atoms with Crippen LogP contribution in [0.4, 0.5) is 8.78 Å². The van der Waals surface area contributed by atoms with E-state index in [1.54, 1.807) is 0 Å². The molecule has 0 atom stereocenters. The van der Waals surface area contributed by atoms with Gasteiger partial charge in [-0.3, -0.25) is 0 Å². The summed E-state index contributed by atoms with van der Waals surface area (Å²) in [6, 6.07) is 0. The van der Waals surface area contributed by atoms with E-state index in [0.717, 1.165) is 6.20 Å². The van der Waals surface area contributed by atoms with Crippen molar-refractivity contribution in [2.45, 2.75) is 6.43 Å². The van der Waals surface area contributed by atoms with Crippen molar-refractivity contribution in [2.24, 2.45) is 0 Å². The molecule has 1 rings (SSSR count). The summed E-state index contributed by atoms with van der Waals surface area (Å²) in [5.74, 6) is -1.41. The van der Waals surface area contributed by atoms with Crippen LogP contribution < -0.4 is 0 Å². The number of rotatable bonds is 1. The lowest BCUT2D eigenvalue weighted by Crippen LogP contribution is -1.90. The summed E-state index contributed by atoms with van der Waals surface area (Å²) in [6.07, 6.45) is -2.16. The zero-order valence-corrected chi connectivity index (χ0v) is 6.39. The molecule has 1 aromatic heterocycles. The lowest BCUT2D eigenvalue weighted by atomic mass is 10.3. The van der Waals surface area contributed by atoms with Crippen LogP contribution in [0.1, 0.15) is 12.1 Å². The van der Waals surface area contributed by atoms with Crippen molar-refractivity contribution in [1.82, 2.24) is 4.98 Å². The highest BCUT2D eigenvalue weighted by Gasteiger charge is 2.18. The fourth-order valence-electron chi connectivity index (χ4n) is 0.642. The summed E-state index contributed by atoms with van der Waals surface area (Å²) in [7, 11) is 0. The van der Waals surface area contributed by atoms with Crippen molar-refractivity contribution in [2.75, 3.05) is 0 Å². The molecule has 0 unspecified atom stereocenters. The minimum absolute atomic E-state index is 0.514. The second-order valence-corrected chi connectivity index (χ2v) is 2.37. The molecule has 1 aromatic rings. The van der Waals surface area contributed by atoms with Crippen LogP contribution in [-0.2, 0) is 0 Å². The van der Waals surface area contributed by atoms with Crippen molar-refractivity contribution < 1.29 is 19.0 Å². The molecule has 1 heterocycles. The highest BCUT2D eigenvalue weighted by atomic mass is 35.5. The van der Waals surface area contributed by atoms with E-state index in [0.29, 0.717) is 0 Å². The lowest BCUT2D eigenvalue weighted by molar-refractivity contribution is 0.141. The summed E-state index contributed by atoms with van der Waals surface area (Å²) in [4.78, 5) is 3.10. The zero-order chi connectivity index (χ0) is 9.30. The molecular formula is C6H4ClF2NO2. The van der Waals surface area contributed by atoms with Gasteiger partial charge in [0.1, 0.15) is 10.7 Å². The van der Waals surface area contributed by atoms with Crippen molar-refractivity contribution in [3.8, 4) is 11.5 Å². The van der Waals surface area contributed by atoms with E-state index in [1.165, 1.54) is 0 Å². The Morgan fingerprint density at radius 1 is 1.42 bits per heavy atom. The van der Waals surface area contributed by atoms with Crippen molar-refractivity contribution >= 4 is 11.6 Å². The second-order valence-electron chi connectivity index (χ2n) is 1.99. The topological polar surface area (TPSA) is 53.4 Å². The Bertz CT molecular complexity index is 306. The smallest absolute Gasteiger partial charge is 0.284 e. The standard InChI is InChI=1S/C6H4ClF2NO2/c7-3-2(11)1-10-4(5(3)12)6(8)9/h1,6,11-12H. The number of alkyl halides is 2. The Balaban J connectivity index is 3.27. The van der Waals surface area contributed by atoms with E-state index in [9.17, 15) is 8.78 Å². The maximum Gasteiger partial charge on any atom is 0.284 e. The van der Waals surface area contributed by atoms with Gasteiger partial charge in [-0.05, 0) is 0 Å². The molecule has 0 aliphatic rings. The third kappa shape index (κ3) is 1.40. The number of hydrogen-bond donors (Lipinski definition) is 2. The molecule has 0 saturated carbocycles. The van der Waals surface area contributed by atoms with Crippen molar-refractivity contribution in [3.63, 3.8) is 0 Å². The average Bonchev–Trinajstić information content (AvgIpc) is 2.00. The largest absolute Gasteiger partial charge is 0.505 e. The Hall–Kier alpha value is -1.10. The molecule has 0 fully saturated rings. The average molecular weight is 196 g/mol. The van der Waals surface area contributed by atoms with Gasteiger partial charge in [0.2, 0.25) is 0 Å². The summed E-state index contributed by atoms with van der Waals surface area (Å²) in [6.45, 7) is 0. The summed E-state index contributed by atoms with van der Waals surface area (Å²) < 4.78 is 24.0. The Labute approximate surface area is 71.2 Å². The molecule has 6 heteroatoms. The van der Waals surface area contributed by atoms with Gasteiger partial charge in [-0.2, -0.15) is 0 Å². The van der Waals surface area contributed by atoms with Crippen molar-refractivity contribution in [3.05, 3.63) is 16.9 Å². The van der Waals surface area contributed by atoms with Gasteiger partial charge in [0.15, 0.2) is 11.5 Å². The molecule has 0 spiro atoms. The molecule has 0 aromatic carbocycles.